The van der Waals surface area contributed by atoms with Gasteiger partial charge in [0.15, 0.2) is 5.84 Å². The minimum Gasteiger partial charge on any atom is -0.496 e. The third-order valence-electron chi connectivity index (χ3n) is 3.13. The molecule has 1 heterocycles. The third-order valence-corrected chi connectivity index (χ3v) is 3.13. The number of pyridine rings is 1. The molecular formula is C15H18N4O2. The van der Waals surface area contributed by atoms with Crippen molar-refractivity contribution in [2.24, 2.45) is 10.9 Å². The van der Waals surface area contributed by atoms with Crippen molar-refractivity contribution >= 4 is 11.7 Å². The quantitative estimate of drug-likeness (QED) is 0.379. The van der Waals surface area contributed by atoms with E-state index in [1.165, 1.54) is 0 Å². The zero-order valence-corrected chi connectivity index (χ0v) is 12.0. The van der Waals surface area contributed by atoms with Crippen molar-refractivity contribution < 1.29 is 9.94 Å². The van der Waals surface area contributed by atoms with E-state index in [9.17, 15) is 0 Å². The van der Waals surface area contributed by atoms with Crippen LogP contribution in [-0.2, 0) is 6.54 Å². The molecule has 0 amide bonds. The molecule has 0 saturated carbocycles. The molecule has 0 saturated heterocycles. The summed E-state index contributed by atoms with van der Waals surface area (Å²) in [5, 5.41) is 11.9. The molecule has 2 rings (SSSR count). The van der Waals surface area contributed by atoms with Gasteiger partial charge in [-0.1, -0.05) is 23.4 Å². The molecule has 0 radical (unpaired) electrons. The van der Waals surface area contributed by atoms with Gasteiger partial charge in [0.05, 0.1) is 12.7 Å². The minimum absolute atomic E-state index is 0.0324. The number of methoxy groups -OCH3 is 1. The first kappa shape index (κ1) is 14.6. The first-order valence-electron chi connectivity index (χ1n) is 6.43. The molecule has 2 aromatic rings. The SMILES string of the molecule is COc1ccccc1CN(C)c1ncccc1C(N)=NO. The molecule has 0 aliphatic heterocycles. The van der Waals surface area contributed by atoms with E-state index in [2.05, 4.69) is 10.1 Å². The van der Waals surface area contributed by atoms with Crippen molar-refractivity contribution in [1.29, 1.82) is 0 Å². The molecule has 3 N–H and O–H groups in total. The van der Waals surface area contributed by atoms with Crippen LogP contribution in [-0.4, -0.2) is 30.2 Å². The van der Waals surface area contributed by atoms with E-state index in [1.54, 1.807) is 25.4 Å². The van der Waals surface area contributed by atoms with Crippen LogP contribution in [0.3, 0.4) is 0 Å². The van der Waals surface area contributed by atoms with Gasteiger partial charge < -0.3 is 20.6 Å². The first-order valence-corrected chi connectivity index (χ1v) is 6.43. The highest BCUT2D eigenvalue weighted by Gasteiger charge is 2.13. The lowest BCUT2D eigenvalue weighted by molar-refractivity contribution is 0.318. The number of benzene rings is 1. The lowest BCUT2D eigenvalue weighted by atomic mass is 10.1. The number of oxime groups is 1. The van der Waals surface area contributed by atoms with Crippen LogP contribution in [0.5, 0.6) is 5.75 Å². The van der Waals surface area contributed by atoms with E-state index in [-0.39, 0.29) is 5.84 Å². The largest absolute Gasteiger partial charge is 0.496 e. The maximum absolute atomic E-state index is 8.86. The second-order valence-corrected chi connectivity index (χ2v) is 4.53. The van der Waals surface area contributed by atoms with E-state index < -0.39 is 0 Å². The minimum atomic E-state index is 0.0324. The summed E-state index contributed by atoms with van der Waals surface area (Å²) in [6, 6.07) is 11.3. The van der Waals surface area contributed by atoms with Gasteiger partial charge in [-0.15, -0.1) is 0 Å². The topological polar surface area (TPSA) is 84.0 Å². The maximum Gasteiger partial charge on any atom is 0.173 e. The fraction of sp³-hybridized carbons (Fsp3) is 0.200. The zero-order chi connectivity index (χ0) is 15.2. The van der Waals surface area contributed by atoms with Crippen LogP contribution in [0, 0.1) is 0 Å². The number of nitrogens with zero attached hydrogens (tertiary/aromatic N) is 3. The molecule has 6 heteroatoms. The molecule has 0 spiro atoms. The van der Waals surface area contributed by atoms with Gasteiger partial charge >= 0.3 is 0 Å². The van der Waals surface area contributed by atoms with E-state index in [1.807, 2.05) is 36.2 Å². The predicted molar refractivity (Wildman–Crippen MR) is 81.8 cm³/mol. The lowest BCUT2D eigenvalue weighted by Crippen LogP contribution is -2.24. The Balaban J connectivity index is 2.31. The number of aromatic nitrogens is 1. The summed E-state index contributed by atoms with van der Waals surface area (Å²) in [4.78, 5) is 6.23. The van der Waals surface area contributed by atoms with Crippen LogP contribution >= 0.6 is 0 Å². The molecule has 0 aliphatic carbocycles. The fourth-order valence-electron chi connectivity index (χ4n) is 2.12. The number of amidine groups is 1. The Kier molecular flexibility index (Phi) is 4.61. The molecule has 0 atom stereocenters. The third kappa shape index (κ3) is 3.22. The average molecular weight is 286 g/mol. The Morgan fingerprint density at radius 3 is 2.81 bits per heavy atom. The Bertz CT molecular complexity index is 643. The number of hydrogen-bond donors (Lipinski definition) is 2. The van der Waals surface area contributed by atoms with E-state index >= 15 is 0 Å². The summed E-state index contributed by atoms with van der Waals surface area (Å²) >= 11 is 0. The molecule has 0 fully saturated rings. The number of nitrogens with two attached hydrogens (primary N) is 1. The number of ether oxygens (including phenoxy) is 1. The van der Waals surface area contributed by atoms with Crippen LogP contribution in [0.4, 0.5) is 5.82 Å². The Morgan fingerprint density at radius 2 is 2.10 bits per heavy atom. The Morgan fingerprint density at radius 1 is 1.33 bits per heavy atom. The van der Waals surface area contributed by atoms with Crippen LogP contribution in [0.25, 0.3) is 0 Å². The van der Waals surface area contributed by atoms with Crippen molar-refractivity contribution in [2.75, 3.05) is 19.1 Å². The van der Waals surface area contributed by atoms with Gasteiger partial charge in [-0.3, -0.25) is 0 Å². The van der Waals surface area contributed by atoms with Crippen LogP contribution in [0.2, 0.25) is 0 Å². The highest BCUT2D eigenvalue weighted by Crippen LogP contribution is 2.23. The standard InChI is InChI=1S/C15H18N4O2/c1-19(10-11-6-3-4-8-13(11)21-2)15-12(14(16)18-20)7-5-9-17-15/h3-9,20H,10H2,1-2H3,(H2,16,18). The van der Waals surface area contributed by atoms with Gasteiger partial charge in [-0.25, -0.2) is 4.98 Å². The van der Waals surface area contributed by atoms with Crippen LogP contribution < -0.4 is 15.4 Å². The molecule has 0 bridgehead atoms. The highest BCUT2D eigenvalue weighted by atomic mass is 16.5. The lowest BCUT2D eigenvalue weighted by Gasteiger charge is -2.21. The van der Waals surface area contributed by atoms with Crippen molar-refractivity contribution in [1.82, 2.24) is 4.98 Å². The van der Waals surface area contributed by atoms with Gasteiger partial charge in [-0.2, -0.15) is 0 Å². The molecule has 0 unspecified atom stereocenters. The Labute approximate surface area is 123 Å². The van der Waals surface area contributed by atoms with Gasteiger partial charge in [0.25, 0.3) is 0 Å². The number of hydrogen-bond acceptors (Lipinski definition) is 5. The number of para-hydroxylation sites is 1. The number of rotatable bonds is 5. The van der Waals surface area contributed by atoms with Crippen molar-refractivity contribution in [3.05, 3.63) is 53.7 Å². The normalized spacial score (nSPS) is 11.2. The summed E-state index contributed by atoms with van der Waals surface area (Å²) in [6.07, 6.45) is 1.67. The summed E-state index contributed by atoms with van der Waals surface area (Å²) in [5.41, 5.74) is 7.30. The molecule has 0 aliphatic rings. The molecule has 6 nitrogen and oxygen atoms in total. The van der Waals surface area contributed by atoms with Crippen molar-refractivity contribution in [2.45, 2.75) is 6.54 Å². The smallest absolute Gasteiger partial charge is 0.173 e. The van der Waals surface area contributed by atoms with Gasteiger partial charge in [0.1, 0.15) is 11.6 Å². The molecule has 1 aromatic heterocycles. The molecule has 21 heavy (non-hydrogen) atoms. The average Bonchev–Trinajstić information content (AvgIpc) is 2.54. The molecular weight excluding hydrogens is 268 g/mol. The van der Waals surface area contributed by atoms with Gasteiger partial charge in [0.2, 0.25) is 0 Å². The van der Waals surface area contributed by atoms with Crippen LogP contribution in [0.15, 0.2) is 47.8 Å². The van der Waals surface area contributed by atoms with Gasteiger partial charge in [0, 0.05) is 25.4 Å². The van der Waals surface area contributed by atoms with Crippen molar-refractivity contribution in [3.8, 4) is 5.75 Å². The maximum atomic E-state index is 8.86. The Hall–Kier alpha value is -2.76. The summed E-state index contributed by atoms with van der Waals surface area (Å²) < 4.78 is 5.35. The summed E-state index contributed by atoms with van der Waals surface area (Å²) in [6.45, 7) is 0.590. The van der Waals surface area contributed by atoms with Crippen molar-refractivity contribution in [3.63, 3.8) is 0 Å². The second-order valence-electron chi connectivity index (χ2n) is 4.53. The monoisotopic (exact) mass is 286 g/mol. The highest BCUT2D eigenvalue weighted by molar-refractivity contribution is 6.01. The molecule has 110 valence electrons. The van der Waals surface area contributed by atoms with Crippen LogP contribution in [0.1, 0.15) is 11.1 Å². The summed E-state index contributed by atoms with van der Waals surface area (Å²) in [5.74, 6) is 1.48. The predicted octanol–water partition coefficient (Wildman–Crippen LogP) is 1.82. The molecule has 1 aromatic carbocycles. The van der Waals surface area contributed by atoms with E-state index in [0.29, 0.717) is 17.9 Å². The first-order chi connectivity index (χ1) is 10.2. The van der Waals surface area contributed by atoms with E-state index in [0.717, 1.165) is 11.3 Å². The number of anilines is 1. The second kappa shape index (κ2) is 6.60. The van der Waals surface area contributed by atoms with E-state index in [4.69, 9.17) is 15.7 Å². The summed E-state index contributed by atoms with van der Waals surface area (Å²) in [7, 11) is 3.53. The van der Waals surface area contributed by atoms with Gasteiger partial charge in [-0.05, 0) is 18.2 Å². The zero-order valence-electron chi connectivity index (χ0n) is 12.0. The fourth-order valence-corrected chi connectivity index (χ4v) is 2.12.